The van der Waals surface area contributed by atoms with E-state index in [1.165, 1.54) is 11.3 Å². The molecular formula is C14H19N5O3S. The zero-order chi connectivity index (χ0) is 16.6. The summed E-state index contributed by atoms with van der Waals surface area (Å²) < 4.78 is 0. The third-order valence-electron chi connectivity index (χ3n) is 4.58. The number of nitrogens with one attached hydrogen (secondary N) is 2. The van der Waals surface area contributed by atoms with E-state index in [9.17, 15) is 14.4 Å². The summed E-state index contributed by atoms with van der Waals surface area (Å²) in [5.41, 5.74) is -0.838. The molecule has 1 aliphatic carbocycles. The summed E-state index contributed by atoms with van der Waals surface area (Å²) in [6.07, 6.45) is 3.49. The fraction of sp³-hybridized carbons (Fsp3) is 0.643. The van der Waals surface area contributed by atoms with Crippen LogP contribution in [-0.2, 0) is 9.59 Å². The van der Waals surface area contributed by atoms with E-state index in [0.717, 1.165) is 29.2 Å². The van der Waals surface area contributed by atoms with Gasteiger partial charge >= 0.3 is 6.03 Å². The van der Waals surface area contributed by atoms with Crippen molar-refractivity contribution < 1.29 is 14.4 Å². The zero-order valence-electron chi connectivity index (χ0n) is 13.1. The van der Waals surface area contributed by atoms with Crippen molar-refractivity contribution in [2.24, 2.45) is 5.92 Å². The summed E-state index contributed by atoms with van der Waals surface area (Å²) in [6, 6.07) is -0.493. The molecule has 1 aromatic heterocycles. The van der Waals surface area contributed by atoms with Gasteiger partial charge in [-0.15, -0.1) is 10.2 Å². The minimum Gasteiger partial charge on any atom is -0.323 e. The average Bonchev–Trinajstić information content (AvgIpc) is 3.00. The molecule has 2 fully saturated rings. The van der Waals surface area contributed by atoms with Crippen molar-refractivity contribution in [3.05, 3.63) is 5.01 Å². The van der Waals surface area contributed by atoms with Gasteiger partial charge in [0, 0.05) is 0 Å². The molecule has 8 nitrogen and oxygen atoms in total. The number of imide groups is 1. The lowest BCUT2D eigenvalue weighted by atomic mass is 9.73. The van der Waals surface area contributed by atoms with Crippen molar-refractivity contribution in [1.29, 1.82) is 0 Å². The van der Waals surface area contributed by atoms with E-state index >= 15 is 0 Å². The molecule has 124 valence electrons. The Morgan fingerprint density at radius 2 is 2.22 bits per heavy atom. The van der Waals surface area contributed by atoms with Crippen LogP contribution < -0.4 is 10.6 Å². The molecule has 3 rings (SSSR count). The third-order valence-corrected chi connectivity index (χ3v) is 5.33. The van der Waals surface area contributed by atoms with Gasteiger partial charge < -0.3 is 5.32 Å². The summed E-state index contributed by atoms with van der Waals surface area (Å²) in [6.45, 7) is 3.45. The monoisotopic (exact) mass is 337 g/mol. The van der Waals surface area contributed by atoms with Gasteiger partial charge in [-0.3, -0.25) is 19.8 Å². The largest absolute Gasteiger partial charge is 0.325 e. The van der Waals surface area contributed by atoms with E-state index in [2.05, 4.69) is 20.8 Å². The summed E-state index contributed by atoms with van der Waals surface area (Å²) in [4.78, 5) is 38.0. The smallest absolute Gasteiger partial charge is 0.323 e. The molecule has 0 aromatic carbocycles. The van der Waals surface area contributed by atoms with E-state index in [4.69, 9.17) is 0 Å². The molecule has 0 bridgehead atoms. The molecule has 2 heterocycles. The Bertz CT molecular complexity index is 661. The normalized spacial score (nSPS) is 27.4. The molecule has 9 heteroatoms. The maximum absolute atomic E-state index is 12.7. The van der Waals surface area contributed by atoms with E-state index in [1.54, 1.807) is 6.92 Å². The Morgan fingerprint density at radius 1 is 1.43 bits per heavy atom. The van der Waals surface area contributed by atoms with E-state index in [-0.39, 0.29) is 18.4 Å². The topological polar surface area (TPSA) is 104 Å². The molecule has 23 heavy (non-hydrogen) atoms. The highest BCUT2D eigenvalue weighted by Gasteiger charge is 2.55. The molecule has 2 atom stereocenters. The quantitative estimate of drug-likeness (QED) is 0.809. The van der Waals surface area contributed by atoms with Crippen LogP contribution in [0.5, 0.6) is 0 Å². The van der Waals surface area contributed by atoms with Gasteiger partial charge in [-0.05, 0) is 25.7 Å². The molecular weight excluding hydrogens is 318 g/mol. The first-order chi connectivity index (χ1) is 10.9. The standard InChI is InChI=1S/C14H19N5O3S/c1-8-5-3-4-6-14(8)11(21)19(13(22)16-14)7-10(20)15-12-18-17-9(2)23-12/h8H,3-7H2,1-2H3,(H,16,22)(H,15,18,20)/t8-,14-/m1/s1. The summed E-state index contributed by atoms with van der Waals surface area (Å²) in [5, 5.41) is 14.1. The van der Waals surface area contributed by atoms with Crippen molar-refractivity contribution in [3.63, 3.8) is 0 Å². The SMILES string of the molecule is Cc1nnc(NC(=O)CN2C(=O)N[C@@]3(CCCC[C@H]3C)C2=O)s1. The summed E-state index contributed by atoms with van der Waals surface area (Å²) in [5.74, 6) is -0.671. The predicted molar refractivity (Wildman–Crippen MR) is 83.9 cm³/mol. The van der Waals surface area contributed by atoms with Crippen molar-refractivity contribution >= 4 is 34.3 Å². The van der Waals surface area contributed by atoms with Crippen molar-refractivity contribution in [2.75, 3.05) is 11.9 Å². The van der Waals surface area contributed by atoms with Crippen molar-refractivity contribution in [1.82, 2.24) is 20.4 Å². The van der Waals surface area contributed by atoms with Gasteiger partial charge in [0.15, 0.2) is 0 Å². The second-order valence-corrected chi connectivity index (χ2v) is 7.30. The number of hydrogen-bond donors (Lipinski definition) is 2. The van der Waals surface area contributed by atoms with Gasteiger partial charge in [-0.2, -0.15) is 0 Å². The van der Waals surface area contributed by atoms with Crippen LogP contribution in [0.25, 0.3) is 0 Å². The van der Waals surface area contributed by atoms with Gasteiger partial charge in [-0.25, -0.2) is 4.79 Å². The van der Waals surface area contributed by atoms with Gasteiger partial charge in [0.1, 0.15) is 17.1 Å². The van der Waals surface area contributed by atoms with Crippen LogP contribution in [0, 0.1) is 12.8 Å². The number of rotatable bonds is 3. The van der Waals surface area contributed by atoms with E-state index < -0.39 is 17.5 Å². The summed E-state index contributed by atoms with van der Waals surface area (Å²) >= 11 is 1.24. The second-order valence-electron chi connectivity index (χ2n) is 6.11. The Kier molecular flexibility index (Phi) is 4.05. The maximum atomic E-state index is 12.7. The van der Waals surface area contributed by atoms with Gasteiger partial charge in [-0.1, -0.05) is 31.1 Å². The van der Waals surface area contributed by atoms with Crippen molar-refractivity contribution in [3.8, 4) is 0 Å². The first kappa shape index (κ1) is 15.9. The average molecular weight is 337 g/mol. The first-order valence-electron chi connectivity index (χ1n) is 7.66. The maximum Gasteiger partial charge on any atom is 0.325 e. The lowest BCUT2D eigenvalue weighted by Gasteiger charge is -2.36. The van der Waals surface area contributed by atoms with Crippen molar-refractivity contribution in [2.45, 2.75) is 45.1 Å². The Balaban J connectivity index is 1.69. The molecule has 1 aromatic rings. The Morgan fingerprint density at radius 3 is 2.87 bits per heavy atom. The van der Waals surface area contributed by atoms with Gasteiger partial charge in [0.05, 0.1) is 0 Å². The van der Waals surface area contributed by atoms with Crippen LogP contribution in [0.2, 0.25) is 0 Å². The highest BCUT2D eigenvalue weighted by Crippen LogP contribution is 2.38. The van der Waals surface area contributed by atoms with Crippen LogP contribution in [-0.4, -0.2) is 45.0 Å². The van der Waals surface area contributed by atoms with E-state index in [1.807, 2.05) is 6.92 Å². The molecule has 0 radical (unpaired) electrons. The highest BCUT2D eigenvalue weighted by molar-refractivity contribution is 7.15. The number of urea groups is 1. The highest BCUT2D eigenvalue weighted by atomic mass is 32.1. The molecule has 1 saturated heterocycles. The van der Waals surface area contributed by atoms with Crippen LogP contribution in [0.15, 0.2) is 0 Å². The fourth-order valence-corrected chi connectivity index (χ4v) is 3.90. The number of aryl methyl sites for hydroxylation is 1. The minimum atomic E-state index is -0.838. The molecule has 2 aliphatic rings. The second kappa shape index (κ2) is 5.88. The van der Waals surface area contributed by atoms with Crippen LogP contribution in [0.4, 0.5) is 9.93 Å². The van der Waals surface area contributed by atoms with Gasteiger partial charge in [0.25, 0.3) is 5.91 Å². The number of anilines is 1. The zero-order valence-corrected chi connectivity index (χ0v) is 13.9. The first-order valence-corrected chi connectivity index (χ1v) is 8.48. The number of carbonyl (C=O) groups is 3. The van der Waals surface area contributed by atoms with Crippen LogP contribution in [0.1, 0.15) is 37.6 Å². The Labute approximate surface area is 137 Å². The predicted octanol–water partition coefficient (Wildman–Crippen LogP) is 1.29. The van der Waals surface area contributed by atoms with Crippen LogP contribution >= 0.6 is 11.3 Å². The number of amides is 4. The minimum absolute atomic E-state index is 0.0755. The molecule has 1 saturated carbocycles. The summed E-state index contributed by atoms with van der Waals surface area (Å²) in [7, 11) is 0. The van der Waals surface area contributed by atoms with E-state index in [0.29, 0.717) is 11.6 Å². The molecule has 2 N–H and O–H groups in total. The van der Waals surface area contributed by atoms with Crippen LogP contribution in [0.3, 0.4) is 0 Å². The van der Waals surface area contributed by atoms with Gasteiger partial charge in [0.2, 0.25) is 11.0 Å². The number of carbonyl (C=O) groups excluding carboxylic acids is 3. The molecule has 0 unspecified atom stereocenters. The Hall–Kier alpha value is -2.03. The third kappa shape index (κ3) is 2.80. The fourth-order valence-electron chi connectivity index (χ4n) is 3.29. The molecule has 4 amide bonds. The number of hydrogen-bond acceptors (Lipinski definition) is 6. The molecule has 1 spiro atoms. The lowest BCUT2D eigenvalue weighted by Crippen LogP contribution is -2.54. The number of nitrogens with zero attached hydrogens (tertiary/aromatic N) is 3. The molecule has 1 aliphatic heterocycles. The number of aromatic nitrogens is 2. The lowest BCUT2D eigenvalue weighted by molar-refractivity contribution is -0.136.